The van der Waals surface area contributed by atoms with Crippen LogP contribution < -0.4 is 4.90 Å². The largest absolute Gasteiger partial charge is 0.274 e. The van der Waals surface area contributed by atoms with Gasteiger partial charge in [0.2, 0.25) is 11.8 Å². The molecular formula is C16H14ClNO2. The fraction of sp³-hybridized carbons (Fsp3) is 0.375. The number of hydrogen-bond acceptors (Lipinski definition) is 2. The van der Waals surface area contributed by atoms with Crippen LogP contribution in [-0.4, -0.2) is 11.8 Å². The summed E-state index contributed by atoms with van der Waals surface area (Å²) in [5, 5.41) is 0.541. The second kappa shape index (κ2) is 4.19. The van der Waals surface area contributed by atoms with E-state index in [-0.39, 0.29) is 35.5 Å². The molecule has 1 aromatic rings. The summed E-state index contributed by atoms with van der Waals surface area (Å²) in [4.78, 5) is 26.7. The van der Waals surface area contributed by atoms with Gasteiger partial charge in [-0.1, -0.05) is 29.8 Å². The lowest BCUT2D eigenvalue weighted by atomic mass is 9.63. The van der Waals surface area contributed by atoms with Gasteiger partial charge in [0.25, 0.3) is 0 Å². The predicted molar refractivity (Wildman–Crippen MR) is 76.3 cm³/mol. The van der Waals surface area contributed by atoms with Crippen molar-refractivity contribution in [2.24, 2.45) is 23.7 Å². The second-order valence-corrected chi connectivity index (χ2v) is 6.27. The topological polar surface area (TPSA) is 37.4 Å². The van der Waals surface area contributed by atoms with Gasteiger partial charge in [0.15, 0.2) is 0 Å². The number of allylic oxidation sites excluding steroid dienone is 2. The Labute approximate surface area is 122 Å². The summed E-state index contributed by atoms with van der Waals surface area (Å²) in [6.07, 6.45) is 6.29. The van der Waals surface area contributed by atoms with E-state index >= 15 is 0 Å². The summed E-state index contributed by atoms with van der Waals surface area (Å²) >= 11 is 5.98. The van der Waals surface area contributed by atoms with Crippen molar-refractivity contribution >= 4 is 29.1 Å². The number of anilines is 1. The highest BCUT2D eigenvalue weighted by Crippen LogP contribution is 2.50. The van der Waals surface area contributed by atoms with Crippen LogP contribution in [0.25, 0.3) is 0 Å². The van der Waals surface area contributed by atoms with E-state index in [4.69, 9.17) is 11.6 Å². The molecule has 20 heavy (non-hydrogen) atoms. The molecule has 3 nitrogen and oxygen atoms in total. The molecule has 5 rings (SSSR count). The van der Waals surface area contributed by atoms with Crippen LogP contribution >= 0.6 is 11.6 Å². The van der Waals surface area contributed by atoms with Gasteiger partial charge >= 0.3 is 0 Å². The first-order valence-electron chi connectivity index (χ1n) is 6.98. The van der Waals surface area contributed by atoms with Crippen molar-refractivity contribution < 1.29 is 9.59 Å². The van der Waals surface area contributed by atoms with E-state index in [0.29, 0.717) is 10.7 Å². The first-order chi connectivity index (χ1) is 9.66. The van der Waals surface area contributed by atoms with Gasteiger partial charge in [-0.05, 0) is 42.9 Å². The van der Waals surface area contributed by atoms with E-state index in [1.165, 1.54) is 4.90 Å². The van der Waals surface area contributed by atoms with Crippen LogP contribution in [0.3, 0.4) is 0 Å². The predicted octanol–water partition coefficient (Wildman–Crippen LogP) is 3.04. The molecule has 0 unspecified atom stereocenters. The zero-order valence-corrected chi connectivity index (χ0v) is 11.6. The third-order valence-corrected chi connectivity index (χ3v) is 5.06. The zero-order chi connectivity index (χ0) is 13.9. The second-order valence-electron chi connectivity index (χ2n) is 5.83. The molecule has 1 aromatic carbocycles. The van der Waals surface area contributed by atoms with Crippen LogP contribution in [0, 0.1) is 23.7 Å². The average Bonchev–Trinajstić information content (AvgIpc) is 2.74. The van der Waals surface area contributed by atoms with Gasteiger partial charge in [0.1, 0.15) is 0 Å². The molecule has 102 valence electrons. The zero-order valence-electron chi connectivity index (χ0n) is 10.8. The lowest BCUT2D eigenvalue weighted by Crippen LogP contribution is -2.38. The summed E-state index contributed by atoms with van der Waals surface area (Å²) in [5.74, 6) is 0.0226. The number of hydrogen-bond donors (Lipinski definition) is 0. The monoisotopic (exact) mass is 287 g/mol. The number of rotatable bonds is 1. The van der Waals surface area contributed by atoms with Crippen LogP contribution in [0.4, 0.5) is 5.69 Å². The molecule has 0 N–H and O–H groups in total. The van der Waals surface area contributed by atoms with Gasteiger partial charge in [-0.25, -0.2) is 4.90 Å². The molecule has 0 aromatic heterocycles. The Morgan fingerprint density at radius 2 is 1.60 bits per heavy atom. The molecule has 2 fully saturated rings. The molecule has 4 heteroatoms. The lowest BCUT2D eigenvalue weighted by Gasteiger charge is -2.38. The molecule has 0 spiro atoms. The molecular weight excluding hydrogens is 274 g/mol. The van der Waals surface area contributed by atoms with Crippen LogP contribution in [0.1, 0.15) is 12.8 Å². The molecule has 3 aliphatic carbocycles. The number of halogens is 1. The highest BCUT2D eigenvalue weighted by molar-refractivity contribution is 6.31. The molecule has 4 atom stereocenters. The number of amides is 2. The SMILES string of the molecule is O=C1[C@@H]2[C@@H](C(=O)N1c1cccc(Cl)c1)[C@H]1C=C[C@H]2CC1. The van der Waals surface area contributed by atoms with Crippen molar-refractivity contribution in [3.05, 3.63) is 41.4 Å². The Bertz CT molecular complexity index is 607. The van der Waals surface area contributed by atoms with E-state index in [1.54, 1.807) is 24.3 Å². The number of imide groups is 1. The van der Waals surface area contributed by atoms with Gasteiger partial charge in [0.05, 0.1) is 17.5 Å². The Balaban J connectivity index is 1.77. The molecule has 2 bridgehead atoms. The first kappa shape index (κ1) is 12.2. The van der Waals surface area contributed by atoms with E-state index in [1.807, 2.05) is 0 Å². The van der Waals surface area contributed by atoms with Crippen molar-refractivity contribution in [3.8, 4) is 0 Å². The molecule has 1 aliphatic heterocycles. The summed E-state index contributed by atoms with van der Waals surface area (Å²) in [5.41, 5.74) is 0.598. The highest BCUT2D eigenvalue weighted by Gasteiger charge is 2.56. The maximum Gasteiger partial charge on any atom is 0.238 e. The minimum Gasteiger partial charge on any atom is -0.274 e. The minimum absolute atomic E-state index is 0.0543. The minimum atomic E-state index is -0.162. The fourth-order valence-electron chi connectivity index (χ4n) is 3.94. The Morgan fingerprint density at radius 3 is 2.10 bits per heavy atom. The quantitative estimate of drug-likeness (QED) is 0.588. The maximum atomic E-state index is 12.7. The number of carbonyl (C=O) groups excluding carboxylic acids is 2. The molecule has 1 saturated carbocycles. The summed E-state index contributed by atoms with van der Waals surface area (Å²) in [6, 6.07) is 6.97. The van der Waals surface area contributed by atoms with Gasteiger partial charge < -0.3 is 0 Å². The number of nitrogens with zero attached hydrogens (tertiary/aromatic N) is 1. The third kappa shape index (κ3) is 1.53. The molecule has 1 saturated heterocycles. The van der Waals surface area contributed by atoms with Crippen molar-refractivity contribution in [2.75, 3.05) is 4.90 Å². The molecule has 2 amide bonds. The van der Waals surface area contributed by atoms with E-state index in [2.05, 4.69) is 12.2 Å². The smallest absolute Gasteiger partial charge is 0.238 e. The first-order valence-corrected chi connectivity index (χ1v) is 7.36. The highest BCUT2D eigenvalue weighted by atomic mass is 35.5. The summed E-state index contributed by atoms with van der Waals surface area (Å²) < 4.78 is 0. The lowest BCUT2D eigenvalue weighted by molar-refractivity contribution is -0.124. The van der Waals surface area contributed by atoms with Gasteiger partial charge in [-0.2, -0.15) is 0 Å². The maximum absolute atomic E-state index is 12.7. The average molecular weight is 288 g/mol. The third-order valence-electron chi connectivity index (χ3n) is 4.83. The fourth-order valence-corrected chi connectivity index (χ4v) is 4.13. The number of carbonyl (C=O) groups is 2. The van der Waals surface area contributed by atoms with Crippen LogP contribution in [0.2, 0.25) is 5.02 Å². The van der Waals surface area contributed by atoms with Crippen molar-refractivity contribution in [2.45, 2.75) is 12.8 Å². The summed E-state index contributed by atoms with van der Waals surface area (Å²) in [6.45, 7) is 0. The normalized spacial score (nSPS) is 34.8. The Morgan fingerprint density at radius 1 is 1.00 bits per heavy atom. The Kier molecular flexibility index (Phi) is 2.55. The van der Waals surface area contributed by atoms with Crippen LogP contribution in [0.15, 0.2) is 36.4 Å². The summed E-state index contributed by atoms with van der Waals surface area (Å²) in [7, 11) is 0. The van der Waals surface area contributed by atoms with Gasteiger partial charge in [-0.3, -0.25) is 9.59 Å². The van der Waals surface area contributed by atoms with E-state index in [9.17, 15) is 9.59 Å². The van der Waals surface area contributed by atoms with Crippen LogP contribution in [0.5, 0.6) is 0 Å². The van der Waals surface area contributed by atoms with Crippen molar-refractivity contribution in [1.29, 1.82) is 0 Å². The van der Waals surface area contributed by atoms with Gasteiger partial charge in [0, 0.05) is 5.02 Å². The van der Waals surface area contributed by atoms with Crippen LogP contribution in [-0.2, 0) is 9.59 Å². The molecule has 0 radical (unpaired) electrons. The van der Waals surface area contributed by atoms with Crippen molar-refractivity contribution in [3.63, 3.8) is 0 Å². The van der Waals surface area contributed by atoms with E-state index < -0.39 is 0 Å². The molecule has 1 heterocycles. The number of benzene rings is 1. The van der Waals surface area contributed by atoms with E-state index in [0.717, 1.165) is 12.8 Å². The van der Waals surface area contributed by atoms with Gasteiger partial charge in [-0.15, -0.1) is 0 Å². The standard InChI is InChI=1S/C16H14ClNO2/c17-11-2-1-3-12(8-11)18-15(19)13-9-4-5-10(7-6-9)14(13)16(18)20/h1-5,8-10,13-14H,6-7H2/t9-,10-,13-,14-/m0/s1. The Hall–Kier alpha value is -1.61. The van der Waals surface area contributed by atoms with Crippen molar-refractivity contribution in [1.82, 2.24) is 0 Å². The number of fused-ring (bicyclic) bond motifs is 1. The molecule has 4 aliphatic rings.